The van der Waals surface area contributed by atoms with Gasteiger partial charge in [-0.25, -0.2) is 13.7 Å². The lowest BCUT2D eigenvalue weighted by molar-refractivity contribution is -0.151. The van der Waals surface area contributed by atoms with Crippen LogP contribution in [-0.2, 0) is 32.1 Å². The molecule has 0 aliphatic heterocycles. The summed E-state index contributed by atoms with van der Waals surface area (Å²) < 4.78 is 44.5. The van der Waals surface area contributed by atoms with Crippen LogP contribution in [0.5, 0.6) is 0 Å². The summed E-state index contributed by atoms with van der Waals surface area (Å²) in [5.74, 6) is 0. The quantitative estimate of drug-likeness (QED) is 0.171. The number of rotatable bonds is 7. The molecule has 1 atom stereocenters. The van der Waals surface area contributed by atoms with Crippen molar-refractivity contribution >= 4 is 23.5 Å². The second kappa shape index (κ2) is 5.78. The standard InChI is InChI=1S/CH7O12P3/c2-14(3,4)10-1-11-16(8,9)13-12-15(5,6)7/h1H2,(H,8,9)(H2,2,3,4)(H2,5,6,7). The van der Waals surface area contributed by atoms with Crippen molar-refractivity contribution in [1.82, 2.24) is 0 Å². The van der Waals surface area contributed by atoms with E-state index in [1.165, 1.54) is 0 Å². The smallest absolute Gasteiger partial charge is 0.303 e. The van der Waals surface area contributed by atoms with Crippen LogP contribution in [0.4, 0.5) is 0 Å². The predicted molar refractivity (Wildman–Crippen MR) is 43.1 cm³/mol. The molecule has 0 aromatic rings. The van der Waals surface area contributed by atoms with Crippen LogP contribution in [0.15, 0.2) is 0 Å². The lowest BCUT2D eigenvalue weighted by atomic mass is 11.6. The largest absolute Gasteiger partial charge is 0.502 e. The van der Waals surface area contributed by atoms with Crippen LogP contribution in [0.1, 0.15) is 0 Å². The van der Waals surface area contributed by atoms with Crippen LogP contribution in [0.25, 0.3) is 0 Å². The van der Waals surface area contributed by atoms with E-state index in [-0.39, 0.29) is 0 Å². The maximum absolute atomic E-state index is 10.7. The Morgan fingerprint density at radius 1 is 0.750 bits per heavy atom. The van der Waals surface area contributed by atoms with E-state index < -0.39 is 30.3 Å². The molecular weight excluding hydrogens is 297 g/mol. The van der Waals surface area contributed by atoms with Gasteiger partial charge in [0.1, 0.15) is 0 Å². The Morgan fingerprint density at radius 2 is 1.25 bits per heavy atom. The maximum Gasteiger partial charge on any atom is 0.502 e. The van der Waals surface area contributed by atoms with Crippen LogP contribution in [0.2, 0.25) is 0 Å². The van der Waals surface area contributed by atoms with Crippen LogP contribution in [0, 0.1) is 0 Å². The van der Waals surface area contributed by atoms with E-state index >= 15 is 0 Å². The Hall–Kier alpha value is 0.330. The number of hydrogen-bond donors (Lipinski definition) is 5. The van der Waals surface area contributed by atoms with Crippen molar-refractivity contribution in [2.24, 2.45) is 0 Å². The minimum atomic E-state index is -5.16. The van der Waals surface area contributed by atoms with Crippen LogP contribution in [-0.4, -0.2) is 31.3 Å². The highest BCUT2D eigenvalue weighted by Crippen LogP contribution is 2.50. The van der Waals surface area contributed by atoms with E-state index in [4.69, 9.17) is 24.5 Å². The molecule has 0 saturated carbocycles. The first-order valence-electron chi connectivity index (χ1n) is 3.02. The molecule has 12 nitrogen and oxygen atoms in total. The fourth-order valence-electron chi connectivity index (χ4n) is 0.266. The van der Waals surface area contributed by atoms with Crippen molar-refractivity contribution in [3.63, 3.8) is 0 Å². The molecule has 0 saturated heterocycles. The van der Waals surface area contributed by atoms with Gasteiger partial charge in [-0.15, -0.1) is 9.35 Å². The van der Waals surface area contributed by atoms with Crippen molar-refractivity contribution in [2.75, 3.05) is 6.79 Å². The van der Waals surface area contributed by atoms with E-state index in [1.807, 2.05) is 0 Å². The summed E-state index contributed by atoms with van der Waals surface area (Å²) in [6.45, 7) is -1.36. The summed E-state index contributed by atoms with van der Waals surface area (Å²) >= 11 is 0. The first-order valence-corrected chi connectivity index (χ1v) is 7.58. The van der Waals surface area contributed by atoms with Gasteiger partial charge in [0.2, 0.25) is 0 Å². The molecule has 0 spiro atoms. The number of hydrogen-bond acceptors (Lipinski definition) is 7. The van der Waals surface area contributed by atoms with Crippen molar-refractivity contribution in [3.8, 4) is 0 Å². The van der Waals surface area contributed by atoms with Gasteiger partial charge >= 0.3 is 23.5 Å². The van der Waals surface area contributed by atoms with Gasteiger partial charge in [-0.3, -0.25) is 9.05 Å². The zero-order valence-corrected chi connectivity index (χ0v) is 9.83. The van der Waals surface area contributed by atoms with E-state index in [0.717, 1.165) is 0 Å². The zero-order valence-electron chi connectivity index (χ0n) is 7.14. The van der Waals surface area contributed by atoms with Gasteiger partial charge in [0.05, 0.1) is 0 Å². The van der Waals surface area contributed by atoms with Gasteiger partial charge in [0, 0.05) is 0 Å². The monoisotopic (exact) mass is 304 g/mol. The van der Waals surface area contributed by atoms with Crippen LogP contribution in [0.3, 0.4) is 0 Å². The first-order chi connectivity index (χ1) is 6.91. The minimum absolute atomic E-state index is 1.36. The molecule has 15 heteroatoms. The summed E-state index contributed by atoms with van der Waals surface area (Å²) in [5, 5.41) is 0. The van der Waals surface area contributed by atoms with E-state index in [9.17, 15) is 13.7 Å². The molecule has 0 amide bonds. The van der Waals surface area contributed by atoms with Gasteiger partial charge < -0.3 is 24.5 Å². The topological polar surface area (TPSA) is 189 Å². The van der Waals surface area contributed by atoms with Gasteiger partial charge in [-0.1, -0.05) is 0 Å². The zero-order chi connectivity index (χ0) is 13.0. The molecule has 1 unspecified atom stereocenters. The molecule has 0 aromatic heterocycles. The Morgan fingerprint density at radius 3 is 1.62 bits per heavy atom. The van der Waals surface area contributed by atoms with E-state index in [0.29, 0.717) is 0 Å². The summed E-state index contributed by atoms with van der Waals surface area (Å²) in [6.07, 6.45) is 0. The third-order valence-corrected chi connectivity index (χ3v) is 2.18. The fourth-order valence-corrected chi connectivity index (χ4v) is 1.45. The van der Waals surface area contributed by atoms with Crippen LogP contribution < -0.4 is 0 Å². The fraction of sp³-hybridized carbons (Fsp3) is 1.00. The van der Waals surface area contributed by atoms with Gasteiger partial charge in [0.15, 0.2) is 6.79 Å². The Balaban J connectivity index is 4.02. The van der Waals surface area contributed by atoms with Crippen molar-refractivity contribution < 1.29 is 56.6 Å². The molecule has 0 rings (SSSR count). The average molecular weight is 304 g/mol. The Bertz CT molecular complexity index is 345. The highest BCUT2D eigenvalue weighted by Gasteiger charge is 2.29. The highest BCUT2D eigenvalue weighted by molar-refractivity contribution is 7.49. The summed E-state index contributed by atoms with van der Waals surface area (Å²) in [4.78, 5) is 40.9. The molecule has 0 aliphatic rings. The molecular formula is CH7O12P3. The van der Waals surface area contributed by atoms with E-state index in [1.54, 1.807) is 0 Å². The molecule has 0 fully saturated rings. The average Bonchev–Trinajstić information content (AvgIpc) is 1.97. The second-order valence-electron chi connectivity index (χ2n) is 1.97. The van der Waals surface area contributed by atoms with Crippen LogP contribution >= 0.6 is 23.5 Å². The lowest BCUT2D eigenvalue weighted by Gasteiger charge is -2.11. The Labute approximate surface area is 87.7 Å². The van der Waals surface area contributed by atoms with Gasteiger partial charge in [-0.2, -0.15) is 0 Å². The number of phosphoric ester groups is 2. The first kappa shape index (κ1) is 16.3. The minimum Gasteiger partial charge on any atom is -0.303 e. The number of phosphoric acid groups is 3. The molecule has 0 radical (unpaired) electrons. The van der Waals surface area contributed by atoms with Gasteiger partial charge in [0.25, 0.3) is 0 Å². The second-order valence-corrected chi connectivity index (χ2v) is 5.69. The normalized spacial score (nSPS) is 17.1. The maximum atomic E-state index is 10.7. The molecule has 0 bridgehead atoms. The third kappa shape index (κ3) is 10.8. The Kier molecular flexibility index (Phi) is 5.90. The molecule has 16 heavy (non-hydrogen) atoms. The van der Waals surface area contributed by atoms with Crippen molar-refractivity contribution in [2.45, 2.75) is 0 Å². The van der Waals surface area contributed by atoms with Gasteiger partial charge in [-0.05, 0) is 0 Å². The van der Waals surface area contributed by atoms with Crippen molar-refractivity contribution in [1.29, 1.82) is 0 Å². The molecule has 98 valence electrons. The third-order valence-electron chi connectivity index (χ3n) is 0.661. The molecule has 0 aliphatic carbocycles. The SMILES string of the molecule is O=P(O)(O)OCOP(=O)(O)OOP(=O)(O)O. The molecule has 0 aromatic carbocycles. The highest BCUT2D eigenvalue weighted by atomic mass is 31.2. The summed E-state index contributed by atoms with van der Waals surface area (Å²) in [6, 6.07) is 0. The summed E-state index contributed by atoms with van der Waals surface area (Å²) in [5.41, 5.74) is 0. The predicted octanol–water partition coefficient (Wildman–Crippen LogP) is -0.789. The molecule has 5 N–H and O–H groups in total. The molecule has 0 heterocycles. The summed E-state index contributed by atoms with van der Waals surface area (Å²) in [7, 11) is -15.1. The lowest BCUT2D eigenvalue weighted by Crippen LogP contribution is -2.00. The van der Waals surface area contributed by atoms with E-state index in [2.05, 4.69) is 18.4 Å². The van der Waals surface area contributed by atoms with Crippen molar-refractivity contribution in [3.05, 3.63) is 0 Å².